The molecule has 0 aliphatic heterocycles. The minimum atomic E-state index is -1.11. The van der Waals surface area contributed by atoms with Crippen molar-refractivity contribution in [3.63, 3.8) is 0 Å². The molecule has 0 heterocycles. The third-order valence-corrected chi connectivity index (χ3v) is 2.10. The summed E-state index contributed by atoms with van der Waals surface area (Å²) < 4.78 is 0. The molecule has 0 aromatic carbocycles. The van der Waals surface area contributed by atoms with E-state index in [4.69, 9.17) is 10.5 Å². The van der Waals surface area contributed by atoms with Crippen LogP contribution in [0, 0.1) is 0 Å². The standard InChI is InChI=1S/C9H18O5/c1-2-3-4-5-6-8(13-11)9(7-10)14-12/h7-9,11-12H,2-6H2,1H3. The van der Waals surface area contributed by atoms with Gasteiger partial charge in [0.1, 0.15) is 6.10 Å². The molecule has 0 spiro atoms. The van der Waals surface area contributed by atoms with Crippen LogP contribution in [-0.2, 0) is 14.6 Å². The molecule has 0 aromatic heterocycles. The lowest BCUT2D eigenvalue weighted by Gasteiger charge is -2.16. The van der Waals surface area contributed by atoms with Crippen LogP contribution in [0.1, 0.15) is 39.0 Å². The van der Waals surface area contributed by atoms with E-state index in [0.29, 0.717) is 12.7 Å². The van der Waals surface area contributed by atoms with Crippen molar-refractivity contribution in [1.29, 1.82) is 0 Å². The average Bonchev–Trinajstić information content (AvgIpc) is 2.23. The minimum absolute atomic E-state index is 0.403. The molecule has 0 bridgehead atoms. The molecule has 0 amide bonds. The van der Waals surface area contributed by atoms with Crippen LogP contribution in [0.2, 0.25) is 0 Å². The van der Waals surface area contributed by atoms with E-state index in [1.807, 2.05) is 0 Å². The van der Waals surface area contributed by atoms with Crippen LogP contribution in [-0.4, -0.2) is 29.0 Å². The molecule has 2 unspecified atom stereocenters. The molecule has 0 saturated heterocycles. The van der Waals surface area contributed by atoms with Crippen LogP contribution >= 0.6 is 0 Å². The third-order valence-electron chi connectivity index (χ3n) is 2.10. The van der Waals surface area contributed by atoms with E-state index in [1.165, 1.54) is 0 Å². The molecule has 14 heavy (non-hydrogen) atoms. The van der Waals surface area contributed by atoms with Crippen LogP contribution in [0.5, 0.6) is 0 Å². The van der Waals surface area contributed by atoms with Crippen molar-refractivity contribution in [2.75, 3.05) is 0 Å². The minimum Gasteiger partial charge on any atom is -0.300 e. The highest BCUT2D eigenvalue weighted by atomic mass is 17.1. The molecule has 0 rings (SSSR count). The first-order valence-electron chi connectivity index (χ1n) is 4.85. The van der Waals surface area contributed by atoms with E-state index in [9.17, 15) is 4.79 Å². The molecular weight excluding hydrogens is 188 g/mol. The lowest BCUT2D eigenvalue weighted by atomic mass is 10.1. The lowest BCUT2D eigenvalue weighted by Crippen LogP contribution is -2.31. The largest absolute Gasteiger partial charge is 0.300 e. The van der Waals surface area contributed by atoms with Gasteiger partial charge in [0.2, 0.25) is 0 Å². The average molecular weight is 206 g/mol. The number of hydrogen-bond acceptors (Lipinski definition) is 5. The van der Waals surface area contributed by atoms with Crippen molar-refractivity contribution in [2.24, 2.45) is 0 Å². The summed E-state index contributed by atoms with van der Waals surface area (Å²) in [5.41, 5.74) is 0. The Kier molecular flexibility index (Phi) is 8.76. The fraction of sp³-hybridized carbons (Fsp3) is 0.889. The van der Waals surface area contributed by atoms with Gasteiger partial charge in [-0.25, -0.2) is 9.78 Å². The van der Waals surface area contributed by atoms with Gasteiger partial charge in [-0.1, -0.05) is 32.6 Å². The van der Waals surface area contributed by atoms with Crippen LogP contribution in [0.25, 0.3) is 0 Å². The summed E-state index contributed by atoms with van der Waals surface area (Å²) in [6.45, 7) is 2.09. The predicted octanol–water partition coefficient (Wildman–Crippen LogP) is 1.87. The molecule has 0 aromatic rings. The fourth-order valence-electron chi connectivity index (χ4n) is 1.23. The summed E-state index contributed by atoms with van der Waals surface area (Å²) in [4.78, 5) is 18.3. The maximum Gasteiger partial charge on any atom is 0.177 e. The van der Waals surface area contributed by atoms with Gasteiger partial charge in [0.05, 0.1) is 0 Å². The zero-order valence-corrected chi connectivity index (χ0v) is 8.39. The van der Waals surface area contributed by atoms with Gasteiger partial charge >= 0.3 is 0 Å². The van der Waals surface area contributed by atoms with Crippen molar-refractivity contribution in [1.82, 2.24) is 0 Å². The first kappa shape index (κ1) is 13.5. The van der Waals surface area contributed by atoms with Gasteiger partial charge in [0.15, 0.2) is 12.4 Å². The molecular formula is C9H18O5. The Morgan fingerprint density at radius 1 is 1.21 bits per heavy atom. The molecule has 0 radical (unpaired) electrons. The normalized spacial score (nSPS) is 15.1. The van der Waals surface area contributed by atoms with Gasteiger partial charge in [0.25, 0.3) is 0 Å². The zero-order chi connectivity index (χ0) is 10.8. The number of hydrogen-bond donors (Lipinski definition) is 2. The Bertz CT molecular complexity index is 139. The monoisotopic (exact) mass is 206 g/mol. The number of aldehydes is 1. The molecule has 84 valence electrons. The smallest absolute Gasteiger partial charge is 0.177 e. The zero-order valence-electron chi connectivity index (χ0n) is 8.39. The number of carbonyl (C=O) groups is 1. The van der Waals surface area contributed by atoms with Crippen LogP contribution < -0.4 is 0 Å². The second-order valence-corrected chi connectivity index (χ2v) is 3.20. The van der Waals surface area contributed by atoms with Crippen molar-refractivity contribution >= 4 is 6.29 Å². The SMILES string of the molecule is CCCCCCC(OO)C(C=O)OO. The first-order chi connectivity index (χ1) is 6.79. The Morgan fingerprint density at radius 2 is 1.93 bits per heavy atom. The Labute approximate surface area is 83.5 Å². The molecule has 5 nitrogen and oxygen atoms in total. The van der Waals surface area contributed by atoms with Gasteiger partial charge in [-0.2, -0.15) is 0 Å². The summed E-state index contributed by atoms with van der Waals surface area (Å²) in [6, 6.07) is 0. The van der Waals surface area contributed by atoms with Crippen molar-refractivity contribution in [3.8, 4) is 0 Å². The molecule has 0 saturated carbocycles. The molecule has 5 heteroatoms. The fourth-order valence-corrected chi connectivity index (χ4v) is 1.23. The van der Waals surface area contributed by atoms with E-state index in [0.717, 1.165) is 25.7 Å². The number of unbranched alkanes of at least 4 members (excludes halogenated alkanes) is 3. The molecule has 0 fully saturated rings. The van der Waals surface area contributed by atoms with Gasteiger partial charge in [0, 0.05) is 0 Å². The van der Waals surface area contributed by atoms with Crippen LogP contribution in [0.15, 0.2) is 0 Å². The Balaban J connectivity index is 3.71. The summed E-state index contributed by atoms with van der Waals surface area (Å²) in [6.07, 6.45) is 3.04. The van der Waals surface area contributed by atoms with Gasteiger partial charge < -0.3 is 4.79 Å². The number of carbonyl (C=O) groups excluding carboxylic acids is 1. The summed E-state index contributed by atoms with van der Waals surface area (Å²) in [5, 5.41) is 16.8. The first-order valence-corrected chi connectivity index (χ1v) is 4.85. The van der Waals surface area contributed by atoms with E-state index in [2.05, 4.69) is 16.7 Å². The molecule has 0 aliphatic carbocycles. The van der Waals surface area contributed by atoms with E-state index in [-0.39, 0.29) is 0 Å². The summed E-state index contributed by atoms with van der Waals surface area (Å²) >= 11 is 0. The second-order valence-electron chi connectivity index (χ2n) is 3.20. The van der Waals surface area contributed by atoms with Gasteiger partial charge in [-0.05, 0) is 6.42 Å². The third kappa shape index (κ3) is 5.29. The van der Waals surface area contributed by atoms with Crippen LogP contribution in [0.4, 0.5) is 0 Å². The molecule has 0 aliphatic rings. The Hall–Kier alpha value is -0.490. The highest BCUT2D eigenvalue weighted by Crippen LogP contribution is 2.11. The highest BCUT2D eigenvalue weighted by molar-refractivity contribution is 5.56. The Morgan fingerprint density at radius 3 is 2.36 bits per heavy atom. The van der Waals surface area contributed by atoms with Gasteiger partial charge in [-0.3, -0.25) is 10.5 Å². The van der Waals surface area contributed by atoms with Crippen molar-refractivity contribution in [3.05, 3.63) is 0 Å². The number of rotatable bonds is 9. The van der Waals surface area contributed by atoms with E-state index >= 15 is 0 Å². The second kappa shape index (κ2) is 9.08. The quantitative estimate of drug-likeness (QED) is 0.261. The van der Waals surface area contributed by atoms with E-state index in [1.54, 1.807) is 0 Å². The maximum atomic E-state index is 10.3. The summed E-state index contributed by atoms with van der Waals surface area (Å²) in [5.74, 6) is 0. The molecule has 2 N–H and O–H groups in total. The van der Waals surface area contributed by atoms with E-state index < -0.39 is 12.2 Å². The maximum absolute atomic E-state index is 10.3. The summed E-state index contributed by atoms with van der Waals surface area (Å²) in [7, 11) is 0. The van der Waals surface area contributed by atoms with Crippen LogP contribution in [0.3, 0.4) is 0 Å². The van der Waals surface area contributed by atoms with Gasteiger partial charge in [-0.15, -0.1) is 0 Å². The highest BCUT2D eigenvalue weighted by Gasteiger charge is 2.22. The van der Waals surface area contributed by atoms with Crippen molar-refractivity contribution < 1.29 is 25.1 Å². The lowest BCUT2D eigenvalue weighted by molar-refractivity contribution is -0.345. The predicted molar refractivity (Wildman–Crippen MR) is 49.8 cm³/mol. The molecule has 2 atom stereocenters. The topological polar surface area (TPSA) is 76.0 Å². The van der Waals surface area contributed by atoms with Crippen molar-refractivity contribution in [2.45, 2.75) is 51.2 Å².